The van der Waals surface area contributed by atoms with E-state index >= 15 is 0 Å². The molecule has 3 amide bonds. The Morgan fingerprint density at radius 1 is 1.33 bits per heavy atom. The highest BCUT2D eigenvalue weighted by molar-refractivity contribution is 9.09. The summed E-state index contributed by atoms with van der Waals surface area (Å²) in [5.41, 5.74) is 0. The van der Waals surface area contributed by atoms with E-state index in [9.17, 15) is 19.5 Å². The number of unbranched alkanes of at least 4 members (excludes halogenated alkanes) is 2. The number of nitrogens with one attached hydrogen (secondary N) is 2. The molecular formula is C21H34BrN3O4S. The van der Waals surface area contributed by atoms with Gasteiger partial charge in [0.25, 0.3) is 0 Å². The molecule has 3 heterocycles. The summed E-state index contributed by atoms with van der Waals surface area (Å²) in [7, 11) is 1.59. The Bertz CT molecular complexity index is 693. The van der Waals surface area contributed by atoms with E-state index in [1.807, 2.05) is 13.8 Å². The topological polar surface area (TPSA) is 98.7 Å². The predicted octanol–water partition coefficient (Wildman–Crippen LogP) is 1.52. The number of hydrogen-bond acceptors (Lipinski definition) is 5. The van der Waals surface area contributed by atoms with Gasteiger partial charge in [0.1, 0.15) is 6.04 Å². The Morgan fingerprint density at radius 2 is 2.03 bits per heavy atom. The second-order valence-corrected chi connectivity index (χ2v) is 11.7. The van der Waals surface area contributed by atoms with Crippen LogP contribution in [-0.4, -0.2) is 74.8 Å². The fourth-order valence-corrected chi connectivity index (χ4v) is 9.09. The average Bonchev–Trinajstić information content (AvgIpc) is 3.29. The minimum absolute atomic E-state index is 0.00927. The van der Waals surface area contributed by atoms with Gasteiger partial charge in [-0.2, -0.15) is 0 Å². The van der Waals surface area contributed by atoms with Gasteiger partial charge < -0.3 is 20.6 Å². The number of hydrogen-bond donors (Lipinski definition) is 3. The van der Waals surface area contributed by atoms with Crippen molar-refractivity contribution in [3.8, 4) is 0 Å². The van der Waals surface area contributed by atoms with Crippen LogP contribution >= 0.6 is 27.7 Å². The van der Waals surface area contributed by atoms with Crippen LogP contribution in [0.2, 0.25) is 0 Å². The number of carbonyl (C=O) groups is 3. The maximum absolute atomic E-state index is 13.7. The number of rotatable bonds is 9. The van der Waals surface area contributed by atoms with Gasteiger partial charge in [-0.15, -0.1) is 11.8 Å². The minimum atomic E-state index is -0.680. The lowest BCUT2D eigenvalue weighted by atomic mass is 9.70. The monoisotopic (exact) mass is 503 g/mol. The SMILES string of the molecule is CCCCCNC(=O)C1N([C@@H](CO)C(C)C)C(=O)[C@@H]2[C@H](C(=O)NC)[C@H]3SC12CC3Br. The van der Waals surface area contributed by atoms with Crippen molar-refractivity contribution in [3.05, 3.63) is 0 Å². The quantitative estimate of drug-likeness (QED) is 0.327. The molecule has 0 aromatic carbocycles. The van der Waals surface area contributed by atoms with Crippen LogP contribution in [0.3, 0.4) is 0 Å². The Labute approximate surface area is 191 Å². The first-order chi connectivity index (χ1) is 14.2. The minimum Gasteiger partial charge on any atom is -0.394 e. The molecule has 0 saturated carbocycles. The largest absolute Gasteiger partial charge is 0.394 e. The van der Waals surface area contributed by atoms with Crippen molar-refractivity contribution in [2.75, 3.05) is 20.2 Å². The van der Waals surface area contributed by atoms with Crippen LogP contribution in [0.4, 0.5) is 0 Å². The number of thioether (sulfide) groups is 1. The van der Waals surface area contributed by atoms with E-state index in [-0.39, 0.29) is 40.3 Å². The van der Waals surface area contributed by atoms with Gasteiger partial charge in [-0.25, -0.2) is 0 Å². The summed E-state index contributed by atoms with van der Waals surface area (Å²) in [4.78, 5) is 41.7. The van der Waals surface area contributed by atoms with Crippen molar-refractivity contribution in [1.82, 2.24) is 15.5 Å². The third-order valence-electron chi connectivity index (χ3n) is 6.92. The summed E-state index contributed by atoms with van der Waals surface area (Å²) < 4.78 is -0.649. The van der Waals surface area contributed by atoms with Crippen LogP contribution in [0.15, 0.2) is 0 Å². The van der Waals surface area contributed by atoms with Crippen molar-refractivity contribution >= 4 is 45.4 Å². The molecule has 1 spiro atoms. The summed E-state index contributed by atoms with van der Waals surface area (Å²) in [6.45, 7) is 6.37. The number of carbonyl (C=O) groups excluding carboxylic acids is 3. The van der Waals surface area contributed by atoms with Gasteiger partial charge >= 0.3 is 0 Å². The van der Waals surface area contributed by atoms with Crippen molar-refractivity contribution < 1.29 is 19.5 Å². The Balaban J connectivity index is 2.00. The smallest absolute Gasteiger partial charge is 0.244 e. The number of nitrogens with zero attached hydrogens (tertiary/aromatic N) is 1. The highest BCUT2D eigenvalue weighted by atomic mass is 79.9. The van der Waals surface area contributed by atoms with Gasteiger partial charge in [0.2, 0.25) is 17.7 Å². The van der Waals surface area contributed by atoms with Crippen molar-refractivity contribution in [2.24, 2.45) is 17.8 Å². The van der Waals surface area contributed by atoms with E-state index in [1.54, 1.807) is 23.7 Å². The number of amides is 3. The molecule has 170 valence electrons. The highest BCUT2D eigenvalue weighted by Gasteiger charge is 2.76. The standard InChI is InChI=1S/C21H34BrN3O4S/c1-5-6-7-8-24-19(28)17-21-9-12(22)16(30-21)14(18(27)23-4)15(21)20(29)25(17)13(10-26)11(2)3/h11-17,26H,5-10H2,1-4H3,(H,23,27)(H,24,28)/t12?,13-,14-,15-,16-,17?,21?/m0/s1. The molecule has 0 aliphatic carbocycles. The molecule has 0 aromatic rings. The first-order valence-electron chi connectivity index (χ1n) is 11.0. The molecule has 9 heteroatoms. The maximum atomic E-state index is 13.7. The Kier molecular flexibility index (Phi) is 7.45. The van der Waals surface area contributed by atoms with E-state index in [0.717, 1.165) is 19.3 Å². The zero-order valence-electron chi connectivity index (χ0n) is 18.2. The molecule has 3 rings (SSSR count). The molecule has 3 unspecified atom stereocenters. The first-order valence-corrected chi connectivity index (χ1v) is 12.8. The average molecular weight is 504 g/mol. The molecule has 3 N–H and O–H groups in total. The van der Waals surface area contributed by atoms with Gasteiger partial charge in [0, 0.05) is 23.7 Å². The zero-order chi connectivity index (χ0) is 22.2. The van der Waals surface area contributed by atoms with E-state index in [0.29, 0.717) is 13.0 Å². The molecular weight excluding hydrogens is 470 g/mol. The first kappa shape index (κ1) is 23.9. The van der Waals surface area contributed by atoms with Crippen LogP contribution in [-0.2, 0) is 14.4 Å². The van der Waals surface area contributed by atoms with Gasteiger partial charge in [-0.05, 0) is 18.8 Å². The van der Waals surface area contributed by atoms with Crippen LogP contribution in [0.1, 0.15) is 46.5 Å². The van der Waals surface area contributed by atoms with Gasteiger partial charge in [-0.1, -0.05) is 49.5 Å². The number of likely N-dealkylation sites (tertiary alicyclic amines) is 1. The predicted molar refractivity (Wildman–Crippen MR) is 121 cm³/mol. The molecule has 3 aliphatic rings. The van der Waals surface area contributed by atoms with E-state index in [2.05, 4.69) is 33.5 Å². The molecule has 3 fully saturated rings. The fraction of sp³-hybridized carbons (Fsp3) is 0.857. The lowest BCUT2D eigenvalue weighted by Gasteiger charge is -2.38. The molecule has 7 atom stereocenters. The van der Waals surface area contributed by atoms with Crippen LogP contribution in [0.5, 0.6) is 0 Å². The van der Waals surface area contributed by atoms with Crippen LogP contribution in [0.25, 0.3) is 0 Å². The summed E-state index contributed by atoms with van der Waals surface area (Å²) in [6.07, 6.45) is 3.65. The zero-order valence-corrected chi connectivity index (χ0v) is 20.6. The normalized spacial score (nSPS) is 35.6. The second-order valence-electron chi connectivity index (χ2n) is 9.02. The summed E-state index contributed by atoms with van der Waals surface area (Å²) in [5.74, 6) is -1.50. The molecule has 30 heavy (non-hydrogen) atoms. The summed E-state index contributed by atoms with van der Waals surface area (Å²) in [6, 6.07) is -1.14. The van der Waals surface area contributed by atoms with E-state index < -0.39 is 28.7 Å². The lowest BCUT2D eigenvalue weighted by molar-refractivity contribution is -0.143. The summed E-state index contributed by atoms with van der Waals surface area (Å²) in [5, 5.41) is 15.8. The number of halogens is 1. The third kappa shape index (κ3) is 3.68. The second kappa shape index (κ2) is 9.36. The fourth-order valence-electron chi connectivity index (χ4n) is 5.49. The van der Waals surface area contributed by atoms with Crippen molar-refractivity contribution in [3.63, 3.8) is 0 Å². The molecule has 7 nitrogen and oxygen atoms in total. The molecule has 0 aromatic heterocycles. The number of alkyl halides is 1. The van der Waals surface area contributed by atoms with Gasteiger partial charge in [-0.3, -0.25) is 14.4 Å². The summed E-state index contributed by atoms with van der Waals surface area (Å²) >= 11 is 5.35. The van der Waals surface area contributed by atoms with Crippen molar-refractivity contribution in [2.45, 2.75) is 73.4 Å². The van der Waals surface area contributed by atoms with Crippen LogP contribution in [0, 0.1) is 17.8 Å². The van der Waals surface area contributed by atoms with Crippen LogP contribution < -0.4 is 10.6 Å². The molecule has 3 saturated heterocycles. The van der Waals surface area contributed by atoms with Crippen molar-refractivity contribution in [1.29, 1.82) is 0 Å². The van der Waals surface area contributed by atoms with Gasteiger partial charge in [0.05, 0.1) is 29.2 Å². The number of aliphatic hydroxyl groups is 1. The maximum Gasteiger partial charge on any atom is 0.244 e. The lowest BCUT2D eigenvalue weighted by Crippen LogP contribution is -2.58. The highest BCUT2D eigenvalue weighted by Crippen LogP contribution is 2.68. The Hall–Kier alpha value is -0.800. The van der Waals surface area contributed by atoms with E-state index in [1.165, 1.54) is 0 Å². The molecule has 0 radical (unpaired) electrons. The molecule has 2 bridgehead atoms. The third-order valence-corrected chi connectivity index (χ3v) is 10.1. The number of fused-ring (bicyclic) bond motifs is 1. The molecule has 3 aliphatic heterocycles. The Morgan fingerprint density at radius 3 is 2.60 bits per heavy atom. The van der Waals surface area contributed by atoms with E-state index in [4.69, 9.17) is 0 Å². The van der Waals surface area contributed by atoms with Gasteiger partial charge in [0.15, 0.2) is 0 Å². The number of aliphatic hydroxyl groups excluding tert-OH is 1.